The van der Waals surface area contributed by atoms with Crippen LogP contribution >= 0.6 is 0 Å². The highest BCUT2D eigenvalue weighted by molar-refractivity contribution is 5.84. The first-order chi connectivity index (χ1) is 6.84. The van der Waals surface area contributed by atoms with Gasteiger partial charge >= 0.3 is 0 Å². The summed E-state index contributed by atoms with van der Waals surface area (Å²) < 4.78 is 5.25. The minimum absolute atomic E-state index is 0.0367. The lowest BCUT2D eigenvalue weighted by Crippen LogP contribution is -2.46. The van der Waals surface area contributed by atoms with Crippen molar-refractivity contribution in [1.29, 1.82) is 0 Å². The van der Waals surface area contributed by atoms with Crippen molar-refractivity contribution in [2.75, 3.05) is 19.8 Å². The monoisotopic (exact) mass is 199 g/mol. The molecule has 0 aromatic rings. The zero-order valence-corrected chi connectivity index (χ0v) is 9.05. The Kier molecular flexibility index (Phi) is 5.80. The molecule has 0 spiro atoms. The van der Waals surface area contributed by atoms with E-state index in [1.54, 1.807) is 0 Å². The van der Waals surface area contributed by atoms with Crippen LogP contribution in [0.4, 0.5) is 0 Å². The SMILES string of the molecule is CCCCCCC(=O)C1COCCN1. The second-order valence-corrected chi connectivity index (χ2v) is 3.86. The van der Waals surface area contributed by atoms with Crippen LogP contribution in [0.15, 0.2) is 0 Å². The Labute approximate surface area is 86.2 Å². The van der Waals surface area contributed by atoms with Crippen molar-refractivity contribution in [2.24, 2.45) is 0 Å². The van der Waals surface area contributed by atoms with E-state index in [0.29, 0.717) is 18.8 Å². The molecule has 0 bridgehead atoms. The van der Waals surface area contributed by atoms with Gasteiger partial charge in [0.1, 0.15) is 0 Å². The van der Waals surface area contributed by atoms with Crippen LogP contribution in [0.3, 0.4) is 0 Å². The number of carbonyl (C=O) groups is 1. The summed E-state index contributed by atoms with van der Waals surface area (Å²) in [6.07, 6.45) is 5.38. The lowest BCUT2D eigenvalue weighted by Gasteiger charge is -2.22. The summed E-state index contributed by atoms with van der Waals surface area (Å²) in [5.41, 5.74) is 0. The summed E-state index contributed by atoms with van der Waals surface area (Å²) in [6, 6.07) is -0.0367. The predicted octanol–water partition coefficient (Wildman–Crippen LogP) is 1.51. The number of morpholine rings is 1. The molecule has 3 heteroatoms. The third-order valence-electron chi connectivity index (χ3n) is 2.59. The van der Waals surface area contributed by atoms with Gasteiger partial charge < -0.3 is 10.1 Å². The summed E-state index contributed by atoms with van der Waals surface area (Å²) in [5.74, 6) is 0.320. The van der Waals surface area contributed by atoms with Crippen LogP contribution in [0, 0.1) is 0 Å². The Morgan fingerprint density at radius 3 is 2.93 bits per heavy atom. The van der Waals surface area contributed by atoms with Gasteiger partial charge in [-0.3, -0.25) is 4.79 Å². The largest absolute Gasteiger partial charge is 0.378 e. The maximum absolute atomic E-state index is 11.6. The number of carbonyl (C=O) groups excluding carboxylic acids is 1. The van der Waals surface area contributed by atoms with Gasteiger partial charge in [0.05, 0.1) is 19.3 Å². The first kappa shape index (κ1) is 11.7. The zero-order valence-electron chi connectivity index (χ0n) is 9.05. The lowest BCUT2D eigenvalue weighted by atomic mass is 10.0. The van der Waals surface area contributed by atoms with Gasteiger partial charge in [-0.05, 0) is 6.42 Å². The fourth-order valence-electron chi connectivity index (χ4n) is 1.67. The van der Waals surface area contributed by atoms with Crippen LogP contribution in [0.5, 0.6) is 0 Å². The summed E-state index contributed by atoms with van der Waals surface area (Å²) in [7, 11) is 0. The molecule has 1 atom stereocenters. The molecule has 0 amide bonds. The molecular weight excluding hydrogens is 178 g/mol. The highest BCUT2D eigenvalue weighted by Crippen LogP contribution is 2.06. The van der Waals surface area contributed by atoms with Gasteiger partial charge in [-0.2, -0.15) is 0 Å². The second-order valence-electron chi connectivity index (χ2n) is 3.86. The van der Waals surface area contributed by atoms with Gasteiger partial charge in [-0.25, -0.2) is 0 Å². The average Bonchev–Trinajstić information content (AvgIpc) is 2.25. The molecule has 1 fully saturated rings. The number of rotatable bonds is 6. The van der Waals surface area contributed by atoms with Crippen LogP contribution < -0.4 is 5.32 Å². The average molecular weight is 199 g/mol. The van der Waals surface area contributed by atoms with E-state index in [-0.39, 0.29) is 6.04 Å². The zero-order chi connectivity index (χ0) is 10.2. The molecule has 0 aliphatic carbocycles. The number of hydrogen-bond donors (Lipinski definition) is 1. The van der Waals surface area contributed by atoms with Crippen LogP contribution in [0.25, 0.3) is 0 Å². The molecule has 0 radical (unpaired) electrons. The van der Waals surface area contributed by atoms with Crippen molar-refractivity contribution in [3.05, 3.63) is 0 Å². The van der Waals surface area contributed by atoms with Crippen molar-refractivity contribution >= 4 is 5.78 Å². The molecule has 1 saturated heterocycles. The Bertz CT molecular complexity index is 165. The quantitative estimate of drug-likeness (QED) is 0.659. The van der Waals surface area contributed by atoms with E-state index in [1.807, 2.05) is 0 Å². The number of nitrogens with one attached hydrogen (secondary N) is 1. The van der Waals surface area contributed by atoms with Crippen molar-refractivity contribution in [3.8, 4) is 0 Å². The van der Waals surface area contributed by atoms with E-state index in [2.05, 4.69) is 12.2 Å². The highest BCUT2D eigenvalue weighted by atomic mass is 16.5. The maximum Gasteiger partial charge on any atom is 0.152 e. The minimum atomic E-state index is -0.0367. The molecule has 1 heterocycles. The molecule has 1 aliphatic rings. The van der Waals surface area contributed by atoms with Gasteiger partial charge in [0.15, 0.2) is 5.78 Å². The van der Waals surface area contributed by atoms with Gasteiger partial charge in [0.25, 0.3) is 0 Å². The molecular formula is C11H21NO2. The van der Waals surface area contributed by atoms with E-state index >= 15 is 0 Å². The Hall–Kier alpha value is -0.410. The van der Waals surface area contributed by atoms with Crippen molar-refractivity contribution in [2.45, 2.75) is 45.1 Å². The number of Topliss-reactive ketones (excluding diaryl/α,β-unsaturated/α-hetero) is 1. The standard InChI is InChI=1S/C11H21NO2/c1-2-3-4-5-6-11(13)10-9-14-8-7-12-10/h10,12H,2-9H2,1H3. The maximum atomic E-state index is 11.6. The van der Waals surface area contributed by atoms with E-state index < -0.39 is 0 Å². The van der Waals surface area contributed by atoms with E-state index in [4.69, 9.17) is 4.74 Å². The van der Waals surface area contributed by atoms with Crippen LogP contribution in [0.1, 0.15) is 39.0 Å². The Balaban J connectivity index is 2.07. The number of ether oxygens (including phenoxy) is 1. The van der Waals surface area contributed by atoms with Gasteiger partial charge in [0.2, 0.25) is 0 Å². The molecule has 0 aromatic carbocycles. The molecule has 82 valence electrons. The van der Waals surface area contributed by atoms with Gasteiger partial charge in [-0.1, -0.05) is 26.2 Å². The van der Waals surface area contributed by atoms with Crippen molar-refractivity contribution < 1.29 is 9.53 Å². The second kappa shape index (κ2) is 6.96. The molecule has 0 aromatic heterocycles. The summed E-state index contributed by atoms with van der Waals surface area (Å²) in [4.78, 5) is 11.6. The summed E-state index contributed by atoms with van der Waals surface area (Å²) in [5, 5.41) is 3.19. The Morgan fingerprint density at radius 2 is 2.29 bits per heavy atom. The first-order valence-corrected chi connectivity index (χ1v) is 5.68. The van der Waals surface area contributed by atoms with Crippen molar-refractivity contribution in [3.63, 3.8) is 0 Å². The summed E-state index contributed by atoms with van der Waals surface area (Å²) >= 11 is 0. The van der Waals surface area contributed by atoms with E-state index in [1.165, 1.54) is 19.3 Å². The topological polar surface area (TPSA) is 38.3 Å². The third kappa shape index (κ3) is 4.20. The fraction of sp³-hybridized carbons (Fsp3) is 0.909. The van der Waals surface area contributed by atoms with Crippen LogP contribution in [0.2, 0.25) is 0 Å². The number of hydrogen-bond acceptors (Lipinski definition) is 3. The van der Waals surface area contributed by atoms with Crippen LogP contribution in [-0.4, -0.2) is 31.6 Å². The smallest absolute Gasteiger partial charge is 0.152 e. The van der Waals surface area contributed by atoms with E-state index in [0.717, 1.165) is 19.6 Å². The third-order valence-corrected chi connectivity index (χ3v) is 2.59. The van der Waals surface area contributed by atoms with Crippen molar-refractivity contribution in [1.82, 2.24) is 5.32 Å². The normalized spacial score (nSPS) is 22.2. The molecule has 0 saturated carbocycles. The first-order valence-electron chi connectivity index (χ1n) is 5.68. The Morgan fingerprint density at radius 1 is 1.43 bits per heavy atom. The predicted molar refractivity (Wildman–Crippen MR) is 56.4 cm³/mol. The lowest BCUT2D eigenvalue weighted by molar-refractivity contribution is -0.123. The van der Waals surface area contributed by atoms with E-state index in [9.17, 15) is 4.79 Å². The minimum Gasteiger partial charge on any atom is -0.378 e. The molecule has 1 unspecified atom stereocenters. The van der Waals surface area contributed by atoms with Gasteiger partial charge in [0, 0.05) is 13.0 Å². The molecule has 3 nitrogen and oxygen atoms in total. The molecule has 1 aliphatic heterocycles. The number of unbranched alkanes of at least 4 members (excludes halogenated alkanes) is 3. The van der Waals surface area contributed by atoms with Crippen LogP contribution in [-0.2, 0) is 9.53 Å². The molecule has 1 N–H and O–H groups in total. The number of ketones is 1. The molecule has 14 heavy (non-hydrogen) atoms. The molecule has 1 rings (SSSR count). The van der Waals surface area contributed by atoms with Gasteiger partial charge in [-0.15, -0.1) is 0 Å². The summed E-state index contributed by atoms with van der Waals surface area (Å²) in [6.45, 7) is 4.29. The highest BCUT2D eigenvalue weighted by Gasteiger charge is 2.19. The fourth-order valence-corrected chi connectivity index (χ4v) is 1.67.